The van der Waals surface area contributed by atoms with Gasteiger partial charge in [0.25, 0.3) is 0 Å². The van der Waals surface area contributed by atoms with Crippen molar-refractivity contribution in [2.45, 2.75) is 38.3 Å². The molecule has 5 nitrogen and oxygen atoms in total. The number of aliphatic hydroxyl groups excluding tert-OH is 1. The lowest BCUT2D eigenvalue weighted by molar-refractivity contribution is -0.274. The van der Waals surface area contributed by atoms with Crippen LogP contribution in [0, 0.1) is 5.41 Å². The monoisotopic (exact) mass is 358 g/mol. The van der Waals surface area contributed by atoms with Gasteiger partial charge in [0.05, 0.1) is 11.5 Å². The Morgan fingerprint density at radius 3 is 2.92 bits per heavy atom. The fourth-order valence-corrected chi connectivity index (χ4v) is 3.76. The molecule has 1 spiro atoms. The highest BCUT2D eigenvalue weighted by Gasteiger charge is 2.49. The summed E-state index contributed by atoms with van der Waals surface area (Å²) < 4.78 is 41.0. The molecule has 25 heavy (non-hydrogen) atoms. The maximum Gasteiger partial charge on any atom is 0.573 e. The smallest absolute Gasteiger partial charge is 0.406 e. The lowest BCUT2D eigenvalue weighted by Crippen LogP contribution is -2.61. The van der Waals surface area contributed by atoms with Gasteiger partial charge in [-0.25, -0.2) is 0 Å². The number of carbonyl (C=O) groups is 1. The number of ether oxygens (including phenoxy) is 1. The minimum atomic E-state index is -4.72. The molecule has 2 aliphatic rings. The third kappa shape index (κ3) is 4.07. The Hall–Kier alpha value is -1.80. The molecular weight excluding hydrogens is 337 g/mol. The van der Waals surface area contributed by atoms with Crippen LogP contribution in [0.2, 0.25) is 0 Å². The maximum absolute atomic E-state index is 12.4. The summed E-state index contributed by atoms with van der Waals surface area (Å²) in [5, 5.41) is 13.2. The summed E-state index contributed by atoms with van der Waals surface area (Å²) >= 11 is 0. The SMILES string of the molecule is O=C1NCCC[C@]12CN(Cc1cccc(OC(F)(F)F)c1)CC[C@H]2O. The molecule has 0 aliphatic carbocycles. The third-order valence-corrected chi connectivity index (χ3v) is 4.94. The molecular formula is C17H21F3N2O3. The quantitative estimate of drug-likeness (QED) is 0.868. The van der Waals surface area contributed by atoms with E-state index in [-0.39, 0.29) is 11.7 Å². The van der Waals surface area contributed by atoms with Crippen molar-refractivity contribution in [1.29, 1.82) is 0 Å². The first-order chi connectivity index (χ1) is 11.8. The Kier molecular flexibility index (Phi) is 4.92. The van der Waals surface area contributed by atoms with Crippen molar-refractivity contribution in [1.82, 2.24) is 10.2 Å². The van der Waals surface area contributed by atoms with Gasteiger partial charge in [-0.3, -0.25) is 9.69 Å². The number of piperidine rings is 2. The van der Waals surface area contributed by atoms with E-state index >= 15 is 0 Å². The molecule has 2 N–H and O–H groups in total. The van der Waals surface area contributed by atoms with Crippen LogP contribution in [-0.2, 0) is 11.3 Å². The molecule has 1 aromatic rings. The predicted octanol–water partition coefficient (Wildman–Crippen LogP) is 2.05. The number of likely N-dealkylation sites (tertiary alicyclic amines) is 1. The number of carbonyl (C=O) groups excluding carboxylic acids is 1. The van der Waals surface area contributed by atoms with Gasteiger partial charge in [-0.05, 0) is 37.0 Å². The zero-order valence-corrected chi connectivity index (χ0v) is 13.7. The van der Waals surface area contributed by atoms with Gasteiger partial charge in [0.2, 0.25) is 5.91 Å². The normalized spacial score (nSPS) is 28.0. The van der Waals surface area contributed by atoms with E-state index < -0.39 is 17.9 Å². The van der Waals surface area contributed by atoms with E-state index in [0.29, 0.717) is 44.6 Å². The molecule has 0 aromatic heterocycles. The number of aliphatic hydroxyl groups is 1. The van der Waals surface area contributed by atoms with Gasteiger partial charge >= 0.3 is 6.36 Å². The lowest BCUT2D eigenvalue weighted by atomic mass is 9.71. The summed E-state index contributed by atoms with van der Waals surface area (Å²) in [7, 11) is 0. The summed E-state index contributed by atoms with van der Waals surface area (Å²) in [4.78, 5) is 14.4. The Morgan fingerprint density at radius 1 is 1.40 bits per heavy atom. The summed E-state index contributed by atoms with van der Waals surface area (Å²) in [5.41, 5.74) is -0.152. The van der Waals surface area contributed by atoms with E-state index in [2.05, 4.69) is 10.1 Å². The van der Waals surface area contributed by atoms with Crippen LogP contribution < -0.4 is 10.1 Å². The predicted molar refractivity (Wildman–Crippen MR) is 83.7 cm³/mol. The van der Waals surface area contributed by atoms with E-state index in [4.69, 9.17) is 0 Å². The Morgan fingerprint density at radius 2 is 2.20 bits per heavy atom. The standard InChI is InChI=1S/C17H21F3N2O3/c18-17(19,20)25-13-4-1-3-12(9-13)10-22-8-5-14(23)16(11-22)6-2-7-21-15(16)24/h1,3-4,9,14,23H,2,5-8,10-11H2,(H,21,24)/t14-,16-/m1/s1. The molecule has 3 rings (SSSR count). The molecule has 8 heteroatoms. The number of alkyl halides is 3. The van der Waals surface area contributed by atoms with Gasteiger partial charge < -0.3 is 15.2 Å². The first-order valence-electron chi connectivity index (χ1n) is 8.32. The van der Waals surface area contributed by atoms with Crippen LogP contribution in [0.5, 0.6) is 5.75 Å². The Labute approximate surface area is 143 Å². The fraction of sp³-hybridized carbons (Fsp3) is 0.588. The van der Waals surface area contributed by atoms with E-state index in [1.807, 2.05) is 4.90 Å². The van der Waals surface area contributed by atoms with Crippen LogP contribution in [0.1, 0.15) is 24.8 Å². The van der Waals surface area contributed by atoms with Crippen LogP contribution in [-0.4, -0.2) is 48.0 Å². The van der Waals surface area contributed by atoms with Crippen LogP contribution in [0.3, 0.4) is 0 Å². The van der Waals surface area contributed by atoms with Gasteiger partial charge in [0.1, 0.15) is 5.75 Å². The molecule has 2 aliphatic heterocycles. The van der Waals surface area contributed by atoms with Gasteiger partial charge in [-0.2, -0.15) is 0 Å². The number of rotatable bonds is 3. The maximum atomic E-state index is 12.4. The van der Waals surface area contributed by atoms with E-state index in [1.165, 1.54) is 18.2 Å². The molecule has 0 bridgehead atoms. The van der Waals surface area contributed by atoms with Crippen molar-refractivity contribution >= 4 is 5.91 Å². The Bertz CT molecular complexity index is 638. The highest BCUT2D eigenvalue weighted by molar-refractivity contribution is 5.84. The van der Waals surface area contributed by atoms with Crippen molar-refractivity contribution < 1.29 is 27.8 Å². The topological polar surface area (TPSA) is 61.8 Å². The molecule has 2 fully saturated rings. The zero-order chi connectivity index (χ0) is 18.1. The Balaban J connectivity index is 1.71. The van der Waals surface area contributed by atoms with Crippen LogP contribution in [0.25, 0.3) is 0 Å². The molecule has 2 atom stereocenters. The molecule has 1 amide bonds. The molecule has 2 saturated heterocycles. The number of hydrogen-bond donors (Lipinski definition) is 2. The highest BCUT2D eigenvalue weighted by atomic mass is 19.4. The molecule has 1 aromatic carbocycles. The number of benzene rings is 1. The van der Waals surface area contributed by atoms with Crippen LogP contribution in [0.4, 0.5) is 13.2 Å². The van der Waals surface area contributed by atoms with Crippen molar-refractivity contribution in [3.05, 3.63) is 29.8 Å². The summed E-state index contributed by atoms with van der Waals surface area (Å²) in [6, 6.07) is 5.85. The fourth-order valence-electron chi connectivity index (χ4n) is 3.76. The number of amides is 1. The van der Waals surface area contributed by atoms with Crippen LogP contribution in [0.15, 0.2) is 24.3 Å². The third-order valence-electron chi connectivity index (χ3n) is 4.94. The average molecular weight is 358 g/mol. The molecule has 0 radical (unpaired) electrons. The highest BCUT2D eigenvalue weighted by Crippen LogP contribution is 2.37. The minimum Gasteiger partial charge on any atom is -0.406 e. The second-order valence-corrected chi connectivity index (χ2v) is 6.73. The number of halogens is 3. The average Bonchev–Trinajstić information content (AvgIpc) is 2.52. The molecule has 2 heterocycles. The summed E-state index contributed by atoms with van der Waals surface area (Å²) in [6.45, 7) is 1.99. The number of nitrogens with one attached hydrogen (secondary N) is 1. The zero-order valence-electron chi connectivity index (χ0n) is 13.7. The van der Waals surface area contributed by atoms with Crippen LogP contribution >= 0.6 is 0 Å². The summed E-state index contributed by atoms with van der Waals surface area (Å²) in [6.07, 6.45) is -3.52. The van der Waals surface area contributed by atoms with E-state index in [9.17, 15) is 23.1 Å². The number of hydrogen-bond acceptors (Lipinski definition) is 4. The van der Waals surface area contributed by atoms with E-state index in [1.54, 1.807) is 6.07 Å². The van der Waals surface area contributed by atoms with Crippen molar-refractivity contribution in [3.63, 3.8) is 0 Å². The number of nitrogens with zero attached hydrogens (tertiary/aromatic N) is 1. The van der Waals surface area contributed by atoms with Crippen molar-refractivity contribution in [2.24, 2.45) is 5.41 Å². The van der Waals surface area contributed by atoms with Gasteiger partial charge in [0, 0.05) is 26.2 Å². The lowest BCUT2D eigenvalue weighted by Gasteiger charge is -2.47. The van der Waals surface area contributed by atoms with Gasteiger partial charge in [0.15, 0.2) is 0 Å². The second kappa shape index (κ2) is 6.84. The molecule has 0 unspecified atom stereocenters. The largest absolute Gasteiger partial charge is 0.573 e. The first kappa shape index (κ1) is 18.0. The minimum absolute atomic E-state index is 0.134. The van der Waals surface area contributed by atoms with Gasteiger partial charge in [-0.15, -0.1) is 13.2 Å². The van der Waals surface area contributed by atoms with Gasteiger partial charge in [-0.1, -0.05) is 12.1 Å². The van der Waals surface area contributed by atoms with E-state index in [0.717, 1.165) is 6.42 Å². The van der Waals surface area contributed by atoms with Crippen molar-refractivity contribution in [2.75, 3.05) is 19.6 Å². The second-order valence-electron chi connectivity index (χ2n) is 6.73. The molecule has 138 valence electrons. The molecule has 0 saturated carbocycles. The van der Waals surface area contributed by atoms with Crippen molar-refractivity contribution in [3.8, 4) is 5.75 Å². The first-order valence-corrected chi connectivity index (χ1v) is 8.32. The summed E-state index contributed by atoms with van der Waals surface area (Å²) in [5.74, 6) is -0.391.